The van der Waals surface area contributed by atoms with Crippen LogP contribution in [-0.2, 0) is 9.47 Å². The van der Waals surface area contributed by atoms with Crippen LogP contribution in [0.5, 0.6) is 0 Å². The molecule has 2 atom stereocenters. The van der Waals surface area contributed by atoms with E-state index < -0.39 is 0 Å². The highest BCUT2D eigenvalue weighted by Gasteiger charge is 2.42. The first-order valence-electron chi connectivity index (χ1n) is 6.86. The quantitative estimate of drug-likeness (QED) is 0.772. The van der Waals surface area contributed by atoms with E-state index in [-0.39, 0.29) is 0 Å². The van der Waals surface area contributed by atoms with Crippen molar-refractivity contribution >= 4 is 0 Å². The van der Waals surface area contributed by atoms with Crippen molar-refractivity contribution < 1.29 is 9.47 Å². The van der Waals surface area contributed by atoms with Crippen molar-refractivity contribution in [1.82, 2.24) is 5.32 Å². The maximum Gasteiger partial charge on any atom is 0.0757 e. The maximum absolute atomic E-state index is 5.84. The van der Waals surface area contributed by atoms with Crippen molar-refractivity contribution in [2.24, 2.45) is 5.92 Å². The van der Waals surface area contributed by atoms with Crippen molar-refractivity contribution in [1.29, 1.82) is 0 Å². The molecule has 3 aliphatic rings. The van der Waals surface area contributed by atoms with Crippen molar-refractivity contribution in [2.45, 2.75) is 63.3 Å². The molecule has 0 aromatic rings. The van der Waals surface area contributed by atoms with E-state index >= 15 is 0 Å². The molecular formula is C13H23NO2. The summed E-state index contributed by atoms with van der Waals surface area (Å²) in [4.78, 5) is 0. The first-order chi connectivity index (χ1) is 7.86. The minimum absolute atomic E-state index is 0.518. The van der Waals surface area contributed by atoms with E-state index in [4.69, 9.17) is 9.47 Å². The second kappa shape index (κ2) is 4.63. The Morgan fingerprint density at radius 2 is 2.06 bits per heavy atom. The van der Waals surface area contributed by atoms with Crippen molar-refractivity contribution in [3.63, 3.8) is 0 Å². The normalized spacial score (nSPS) is 43.3. The third-order valence-electron chi connectivity index (χ3n) is 4.17. The van der Waals surface area contributed by atoms with Gasteiger partial charge in [-0.2, -0.15) is 0 Å². The van der Waals surface area contributed by atoms with Crippen molar-refractivity contribution in [2.75, 3.05) is 13.2 Å². The topological polar surface area (TPSA) is 30.5 Å². The monoisotopic (exact) mass is 225 g/mol. The van der Waals surface area contributed by atoms with Gasteiger partial charge in [-0.3, -0.25) is 0 Å². The van der Waals surface area contributed by atoms with Crippen LogP contribution in [0.1, 0.15) is 39.0 Å². The molecule has 1 heterocycles. The molecule has 1 N–H and O–H groups in total. The van der Waals surface area contributed by atoms with Gasteiger partial charge in [-0.1, -0.05) is 0 Å². The van der Waals surface area contributed by atoms with Gasteiger partial charge in [0.2, 0.25) is 0 Å². The zero-order valence-electron chi connectivity index (χ0n) is 10.2. The Labute approximate surface area is 97.9 Å². The molecule has 3 fully saturated rings. The molecule has 16 heavy (non-hydrogen) atoms. The van der Waals surface area contributed by atoms with E-state index in [1.165, 1.54) is 32.1 Å². The SMILES string of the molecule is CCOC1CC(NC2CCOC2C2CC2)C1. The molecule has 0 aromatic heterocycles. The van der Waals surface area contributed by atoms with Crippen LogP contribution in [0.3, 0.4) is 0 Å². The van der Waals surface area contributed by atoms with Gasteiger partial charge in [0.05, 0.1) is 12.2 Å². The standard InChI is InChI=1S/C13H23NO2/c1-2-15-11-7-10(8-11)14-12-5-6-16-13(12)9-3-4-9/h9-14H,2-8H2,1H3. The molecule has 0 aromatic carbocycles. The molecule has 1 saturated heterocycles. The van der Waals surface area contributed by atoms with Gasteiger partial charge >= 0.3 is 0 Å². The van der Waals surface area contributed by atoms with Crippen LogP contribution in [0.25, 0.3) is 0 Å². The molecule has 1 aliphatic heterocycles. The Hall–Kier alpha value is -0.120. The average molecular weight is 225 g/mol. The molecule has 3 nitrogen and oxygen atoms in total. The summed E-state index contributed by atoms with van der Waals surface area (Å²) in [7, 11) is 0. The minimum Gasteiger partial charge on any atom is -0.378 e. The van der Waals surface area contributed by atoms with Gasteiger partial charge < -0.3 is 14.8 Å². The van der Waals surface area contributed by atoms with Crippen LogP contribution >= 0.6 is 0 Å². The second-order valence-corrected chi connectivity index (χ2v) is 5.48. The first kappa shape index (κ1) is 11.0. The molecule has 3 heteroatoms. The highest BCUT2D eigenvalue weighted by Crippen LogP contribution is 2.39. The van der Waals surface area contributed by atoms with Crippen molar-refractivity contribution in [3.05, 3.63) is 0 Å². The Balaban J connectivity index is 1.41. The zero-order valence-corrected chi connectivity index (χ0v) is 10.2. The summed E-state index contributed by atoms with van der Waals surface area (Å²) in [5, 5.41) is 3.77. The lowest BCUT2D eigenvalue weighted by Crippen LogP contribution is -2.52. The molecule has 92 valence electrons. The fourth-order valence-corrected chi connectivity index (χ4v) is 3.06. The highest BCUT2D eigenvalue weighted by atomic mass is 16.5. The molecule has 0 spiro atoms. The van der Waals surface area contributed by atoms with Crippen LogP contribution < -0.4 is 5.32 Å². The molecular weight excluding hydrogens is 202 g/mol. The van der Waals surface area contributed by atoms with Gasteiger partial charge in [-0.25, -0.2) is 0 Å². The van der Waals surface area contributed by atoms with Gasteiger partial charge in [-0.05, 0) is 44.9 Å². The van der Waals surface area contributed by atoms with Gasteiger partial charge in [0, 0.05) is 25.3 Å². The van der Waals surface area contributed by atoms with Gasteiger partial charge in [-0.15, -0.1) is 0 Å². The molecule has 3 rings (SSSR count). The number of nitrogens with one attached hydrogen (secondary N) is 1. The molecule has 2 aliphatic carbocycles. The Morgan fingerprint density at radius 1 is 1.25 bits per heavy atom. The number of hydrogen-bond acceptors (Lipinski definition) is 3. The van der Waals surface area contributed by atoms with E-state index in [1.807, 2.05) is 0 Å². The number of rotatable bonds is 5. The summed E-state index contributed by atoms with van der Waals surface area (Å²) in [6, 6.07) is 1.31. The first-order valence-corrected chi connectivity index (χ1v) is 6.86. The predicted molar refractivity (Wildman–Crippen MR) is 62.4 cm³/mol. The maximum atomic E-state index is 5.84. The second-order valence-electron chi connectivity index (χ2n) is 5.48. The van der Waals surface area contributed by atoms with Crippen LogP contribution in [0.15, 0.2) is 0 Å². The zero-order chi connectivity index (χ0) is 11.0. The molecule has 0 radical (unpaired) electrons. The lowest BCUT2D eigenvalue weighted by Gasteiger charge is -2.38. The van der Waals surface area contributed by atoms with E-state index in [0.29, 0.717) is 24.3 Å². The van der Waals surface area contributed by atoms with E-state index in [2.05, 4.69) is 12.2 Å². The molecule has 2 saturated carbocycles. The highest BCUT2D eigenvalue weighted by molar-refractivity contribution is 4.97. The van der Waals surface area contributed by atoms with Crippen LogP contribution in [0.2, 0.25) is 0 Å². The van der Waals surface area contributed by atoms with Crippen LogP contribution in [0, 0.1) is 5.92 Å². The molecule has 2 unspecified atom stereocenters. The van der Waals surface area contributed by atoms with Gasteiger partial charge in [0.1, 0.15) is 0 Å². The van der Waals surface area contributed by atoms with E-state index in [9.17, 15) is 0 Å². The predicted octanol–water partition coefficient (Wildman–Crippen LogP) is 1.71. The molecule has 0 amide bonds. The number of hydrogen-bond donors (Lipinski definition) is 1. The fraction of sp³-hybridized carbons (Fsp3) is 1.00. The lowest BCUT2D eigenvalue weighted by atomic mass is 9.88. The summed E-state index contributed by atoms with van der Waals surface area (Å²) in [5.41, 5.74) is 0. The largest absolute Gasteiger partial charge is 0.378 e. The summed E-state index contributed by atoms with van der Waals surface area (Å²) in [5.74, 6) is 0.864. The van der Waals surface area contributed by atoms with Crippen LogP contribution in [-0.4, -0.2) is 37.5 Å². The van der Waals surface area contributed by atoms with Gasteiger partial charge in [0.25, 0.3) is 0 Å². The third-order valence-corrected chi connectivity index (χ3v) is 4.17. The lowest BCUT2D eigenvalue weighted by molar-refractivity contribution is -0.0161. The fourth-order valence-electron chi connectivity index (χ4n) is 3.06. The van der Waals surface area contributed by atoms with Crippen LogP contribution in [0.4, 0.5) is 0 Å². The summed E-state index contributed by atoms with van der Waals surface area (Å²) in [6.45, 7) is 3.89. The smallest absolute Gasteiger partial charge is 0.0757 e. The minimum atomic E-state index is 0.518. The van der Waals surface area contributed by atoms with Gasteiger partial charge in [0.15, 0.2) is 0 Å². The van der Waals surface area contributed by atoms with E-state index in [0.717, 1.165) is 19.1 Å². The molecule has 0 bridgehead atoms. The Morgan fingerprint density at radius 3 is 2.75 bits per heavy atom. The third kappa shape index (κ3) is 2.27. The van der Waals surface area contributed by atoms with Crippen molar-refractivity contribution in [3.8, 4) is 0 Å². The summed E-state index contributed by atoms with van der Waals surface area (Å²) < 4.78 is 11.4. The Bertz CT molecular complexity index is 236. The Kier molecular flexibility index (Phi) is 3.18. The summed E-state index contributed by atoms with van der Waals surface area (Å²) in [6.07, 6.45) is 7.40. The summed E-state index contributed by atoms with van der Waals surface area (Å²) >= 11 is 0. The van der Waals surface area contributed by atoms with E-state index in [1.54, 1.807) is 0 Å². The average Bonchev–Trinajstić information content (AvgIpc) is 2.96. The number of ether oxygens (including phenoxy) is 2.